The van der Waals surface area contributed by atoms with Gasteiger partial charge in [-0.3, -0.25) is 4.79 Å². The van der Waals surface area contributed by atoms with Gasteiger partial charge in [-0.05, 0) is 49.3 Å². The third-order valence-corrected chi connectivity index (χ3v) is 6.05. The van der Waals surface area contributed by atoms with Crippen LogP contribution in [-0.2, 0) is 12.8 Å². The van der Waals surface area contributed by atoms with E-state index in [1.165, 1.54) is 5.56 Å². The maximum Gasteiger partial charge on any atom is 0.349 e. The van der Waals surface area contributed by atoms with Crippen LogP contribution in [0.4, 0.5) is 0 Å². The molecule has 1 aromatic heterocycles. The molecule has 1 aliphatic carbocycles. The quantitative estimate of drug-likeness (QED) is 0.852. The molecule has 4 rings (SSSR count). The fraction of sp³-hybridized carbons (Fsp3) is 0.455. The molecular weight excluding hydrogens is 342 g/mol. The third-order valence-electron chi connectivity index (χ3n) is 6.05. The second kappa shape index (κ2) is 6.97. The first kappa shape index (κ1) is 18.0. The number of aliphatic hydroxyl groups excluding tert-OH is 1. The highest BCUT2D eigenvalue weighted by Gasteiger charge is 2.60. The van der Waals surface area contributed by atoms with E-state index in [2.05, 4.69) is 12.1 Å². The summed E-state index contributed by atoms with van der Waals surface area (Å²) in [6.07, 6.45) is 3.44. The summed E-state index contributed by atoms with van der Waals surface area (Å²) in [7, 11) is 0. The lowest BCUT2D eigenvalue weighted by molar-refractivity contribution is 0.0745. The second-order valence-corrected chi connectivity index (χ2v) is 8.00. The molecule has 1 aliphatic heterocycles. The predicted molar refractivity (Wildman–Crippen MR) is 102 cm³/mol. The number of piperidine rings is 1. The summed E-state index contributed by atoms with van der Waals surface area (Å²) in [6.45, 7) is 3.06. The van der Waals surface area contributed by atoms with Crippen molar-refractivity contribution in [2.24, 2.45) is 11.3 Å². The first-order valence-corrected chi connectivity index (χ1v) is 9.60. The van der Waals surface area contributed by atoms with Crippen molar-refractivity contribution in [2.45, 2.75) is 32.6 Å². The molecule has 5 heteroatoms. The zero-order valence-electron chi connectivity index (χ0n) is 15.6. The number of aryl methyl sites for hydroxylation is 3. The van der Waals surface area contributed by atoms with E-state index in [1.807, 2.05) is 24.3 Å². The number of hydrogen-bond acceptors (Lipinski definition) is 4. The van der Waals surface area contributed by atoms with Crippen LogP contribution in [0.25, 0.3) is 0 Å². The first-order valence-electron chi connectivity index (χ1n) is 9.60. The van der Waals surface area contributed by atoms with Crippen LogP contribution in [0.5, 0.6) is 0 Å². The molecule has 0 bridgehead atoms. The Kier molecular flexibility index (Phi) is 4.64. The minimum atomic E-state index is -0.548. The van der Waals surface area contributed by atoms with Crippen molar-refractivity contribution < 1.29 is 14.3 Å². The maximum absolute atomic E-state index is 12.8. The third kappa shape index (κ3) is 3.44. The highest BCUT2D eigenvalue weighted by molar-refractivity contribution is 5.95. The lowest BCUT2D eigenvalue weighted by atomic mass is 10.0. The monoisotopic (exact) mass is 367 g/mol. The van der Waals surface area contributed by atoms with Crippen molar-refractivity contribution in [1.29, 1.82) is 0 Å². The number of amides is 1. The number of carbonyl (C=O) groups is 1. The number of rotatable bonds is 6. The molecule has 1 N–H and O–H groups in total. The van der Waals surface area contributed by atoms with Crippen molar-refractivity contribution in [1.82, 2.24) is 4.90 Å². The lowest BCUT2D eigenvalue weighted by Crippen LogP contribution is -2.36. The van der Waals surface area contributed by atoms with Crippen molar-refractivity contribution >= 4 is 5.91 Å². The van der Waals surface area contributed by atoms with Crippen LogP contribution in [0.2, 0.25) is 0 Å². The van der Waals surface area contributed by atoms with Gasteiger partial charge in [0.15, 0.2) is 0 Å². The van der Waals surface area contributed by atoms with E-state index in [4.69, 9.17) is 4.42 Å². The molecule has 1 saturated heterocycles. The van der Waals surface area contributed by atoms with Crippen LogP contribution in [0.1, 0.15) is 40.1 Å². The molecule has 2 atom stereocenters. The van der Waals surface area contributed by atoms with Crippen molar-refractivity contribution in [3.63, 3.8) is 0 Å². The van der Waals surface area contributed by atoms with Crippen molar-refractivity contribution in [3.8, 4) is 0 Å². The molecule has 2 aliphatic rings. The van der Waals surface area contributed by atoms with Gasteiger partial charge in [-0.2, -0.15) is 0 Å². The van der Waals surface area contributed by atoms with Gasteiger partial charge in [0.05, 0.1) is 6.61 Å². The van der Waals surface area contributed by atoms with Crippen LogP contribution in [0.15, 0.2) is 45.6 Å². The van der Waals surface area contributed by atoms with Crippen LogP contribution >= 0.6 is 0 Å². The van der Waals surface area contributed by atoms with Gasteiger partial charge in [0.2, 0.25) is 0 Å². The Morgan fingerprint density at radius 2 is 2.07 bits per heavy atom. The normalized spacial score (nSPS) is 23.3. The predicted octanol–water partition coefficient (Wildman–Crippen LogP) is 2.58. The molecular formula is C22H25NO4. The number of nitrogens with zero attached hydrogens (tertiary/aromatic N) is 1. The van der Waals surface area contributed by atoms with Crippen LogP contribution in [0, 0.1) is 18.3 Å². The van der Waals surface area contributed by atoms with E-state index in [-0.39, 0.29) is 23.5 Å². The number of likely N-dealkylation sites (tertiary alicyclic amines) is 1. The summed E-state index contributed by atoms with van der Waals surface area (Å²) in [6, 6.07) is 12.0. The minimum Gasteiger partial charge on any atom is -0.427 e. The number of carbonyl (C=O) groups excluding carboxylic acids is 1. The molecule has 0 unspecified atom stereocenters. The van der Waals surface area contributed by atoms with Gasteiger partial charge in [-0.15, -0.1) is 0 Å². The number of benzene rings is 1. The van der Waals surface area contributed by atoms with Crippen LogP contribution < -0.4 is 5.63 Å². The Bertz CT molecular complexity index is 900. The number of hydrogen-bond donors (Lipinski definition) is 1. The van der Waals surface area contributed by atoms with Gasteiger partial charge >= 0.3 is 5.63 Å². The fourth-order valence-corrected chi connectivity index (χ4v) is 4.32. The summed E-state index contributed by atoms with van der Waals surface area (Å²) < 4.78 is 5.44. The van der Waals surface area contributed by atoms with Crippen molar-refractivity contribution in [3.05, 3.63) is 69.3 Å². The Hall–Kier alpha value is -2.40. The van der Waals surface area contributed by atoms with E-state index < -0.39 is 5.63 Å². The maximum atomic E-state index is 12.8. The molecule has 0 radical (unpaired) electrons. The lowest BCUT2D eigenvalue weighted by Gasteiger charge is -2.20. The number of fused-ring (bicyclic) bond motifs is 1. The highest BCUT2D eigenvalue weighted by atomic mass is 16.4. The van der Waals surface area contributed by atoms with Gasteiger partial charge in [0, 0.05) is 24.9 Å². The zero-order valence-corrected chi connectivity index (χ0v) is 15.6. The largest absolute Gasteiger partial charge is 0.427 e. The summed E-state index contributed by atoms with van der Waals surface area (Å²) in [4.78, 5) is 27.0. The standard InChI is InChI=1S/C22H25NO4/c1-15-10-18(9-5-8-16-6-3-2-4-7-16)27-21(26)19(15)20(25)23-12-17-11-22(17,13-23)14-24/h2-4,6-7,10,17,24H,5,8-9,11-14H2,1H3/t17-,22+/m1/s1. The van der Waals surface area contributed by atoms with E-state index >= 15 is 0 Å². The molecule has 5 nitrogen and oxygen atoms in total. The molecule has 2 heterocycles. The van der Waals surface area contributed by atoms with Gasteiger partial charge in [0.25, 0.3) is 5.91 Å². The summed E-state index contributed by atoms with van der Waals surface area (Å²) >= 11 is 0. The Morgan fingerprint density at radius 3 is 2.74 bits per heavy atom. The molecule has 142 valence electrons. The minimum absolute atomic E-state index is 0.107. The fourth-order valence-electron chi connectivity index (χ4n) is 4.32. The van der Waals surface area contributed by atoms with Crippen molar-refractivity contribution in [2.75, 3.05) is 19.7 Å². The van der Waals surface area contributed by atoms with Gasteiger partial charge < -0.3 is 14.4 Å². The van der Waals surface area contributed by atoms with E-state index in [9.17, 15) is 14.7 Å². The summed E-state index contributed by atoms with van der Waals surface area (Å²) in [5.74, 6) is 0.731. The average molecular weight is 367 g/mol. The molecule has 2 fully saturated rings. The van der Waals surface area contributed by atoms with Crippen LogP contribution in [-0.4, -0.2) is 35.6 Å². The molecule has 1 saturated carbocycles. The average Bonchev–Trinajstić information content (AvgIpc) is 3.22. The van der Waals surface area contributed by atoms with E-state index in [0.29, 0.717) is 36.8 Å². The topological polar surface area (TPSA) is 70.8 Å². The van der Waals surface area contributed by atoms with Crippen LogP contribution in [0.3, 0.4) is 0 Å². The van der Waals surface area contributed by atoms with Gasteiger partial charge in [0.1, 0.15) is 11.3 Å². The van der Waals surface area contributed by atoms with E-state index in [1.54, 1.807) is 11.8 Å². The summed E-state index contributed by atoms with van der Waals surface area (Å²) in [5, 5.41) is 9.53. The number of aliphatic hydroxyl groups is 1. The molecule has 1 aromatic carbocycles. The second-order valence-electron chi connectivity index (χ2n) is 8.00. The van der Waals surface area contributed by atoms with Gasteiger partial charge in [-0.1, -0.05) is 30.3 Å². The Labute approximate surface area is 158 Å². The Balaban J connectivity index is 1.43. The first-order chi connectivity index (χ1) is 13.0. The highest BCUT2D eigenvalue weighted by Crippen LogP contribution is 2.57. The zero-order chi connectivity index (χ0) is 19.0. The smallest absolute Gasteiger partial charge is 0.349 e. The molecule has 27 heavy (non-hydrogen) atoms. The van der Waals surface area contributed by atoms with Gasteiger partial charge in [-0.25, -0.2) is 4.79 Å². The molecule has 2 aromatic rings. The SMILES string of the molecule is Cc1cc(CCCc2ccccc2)oc(=O)c1C(=O)N1C[C@H]2C[C@@]2(CO)C1. The van der Waals surface area contributed by atoms with E-state index in [0.717, 1.165) is 19.3 Å². The summed E-state index contributed by atoms with van der Waals surface area (Å²) in [5.41, 5.74) is 1.39. The molecule has 0 spiro atoms. The molecule has 1 amide bonds. The Morgan fingerprint density at radius 1 is 1.30 bits per heavy atom.